The Morgan fingerprint density at radius 1 is 0.943 bits per heavy atom. The number of carboxylic acid groups (broad SMARTS) is 1. The molecule has 192 valence electrons. The Balaban J connectivity index is 1.65. The second-order valence-corrected chi connectivity index (χ2v) is 14.0. The third-order valence-electron chi connectivity index (χ3n) is 12.2. The molecule has 3 fully saturated rings. The van der Waals surface area contributed by atoms with Gasteiger partial charge in [-0.1, -0.05) is 52.3 Å². The third kappa shape index (κ3) is 2.89. The fraction of sp³-hybridized carbons (Fsp3) is 0.733. The Morgan fingerprint density at radius 2 is 1.60 bits per heavy atom. The van der Waals surface area contributed by atoms with E-state index in [1.807, 2.05) is 13.0 Å². The van der Waals surface area contributed by atoms with E-state index in [4.69, 9.17) is 0 Å². The zero-order valence-electron chi connectivity index (χ0n) is 22.2. The van der Waals surface area contributed by atoms with Crippen molar-refractivity contribution in [3.63, 3.8) is 0 Å². The van der Waals surface area contributed by atoms with E-state index in [2.05, 4.69) is 33.8 Å². The van der Waals surface area contributed by atoms with Gasteiger partial charge in [-0.25, -0.2) is 0 Å². The molecule has 0 amide bonds. The highest BCUT2D eigenvalue weighted by Gasteiger charge is 2.67. The first-order chi connectivity index (χ1) is 16.1. The lowest BCUT2D eigenvalue weighted by molar-refractivity contribution is -0.178. The van der Waals surface area contributed by atoms with Crippen LogP contribution in [0, 0.1) is 38.4 Å². The number of carbonyl (C=O) groups excluding carboxylic acids is 1. The first kappa shape index (κ1) is 25.0. The molecule has 5 rings (SSSR count). The smallest absolute Gasteiger partial charge is 0.309 e. The van der Waals surface area contributed by atoms with Crippen LogP contribution in [0.4, 0.5) is 0 Å². The van der Waals surface area contributed by atoms with E-state index in [9.17, 15) is 24.9 Å². The Labute approximate surface area is 209 Å². The minimum Gasteiger partial charge on any atom is -0.481 e. The molecule has 0 saturated heterocycles. The number of ketones is 1. The molecule has 35 heavy (non-hydrogen) atoms. The van der Waals surface area contributed by atoms with Crippen molar-refractivity contribution in [1.29, 1.82) is 0 Å². The lowest BCUT2D eigenvalue weighted by atomic mass is 9.34. The second kappa shape index (κ2) is 7.19. The Morgan fingerprint density at radius 3 is 2.23 bits per heavy atom. The number of hydrogen-bond acceptors (Lipinski definition) is 4. The molecule has 5 aliphatic rings. The molecule has 0 aromatic rings. The summed E-state index contributed by atoms with van der Waals surface area (Å²) in [6.07, 6.45) is 11.0. The van der Waals surface area contributed by atoms with E-state index in [0.717, 1.165) is 49.7 Å². The summed E-state index contributed by atoms with van der Waals surface area (Å²) >= 11 is 0. The maximum atomic E-state index is 12.9. The monoisotopic (exact) mass is 482 g/mol. The van der Waals surface area contributed by atoms with Gasteiger partial charge in [-0.2, -0.15) is 0 Å². The van der Waals surface area contributed by atoms with Crippen molar-refractivity contribution in [2.75, 3.05) is 6.61 Å². The molecule has 3 saturated carbocycles. The Bertz CT molecular complexity index is 1100. The van der Waals surface area contributed by atoms with Crippen LogP contribution in [0.15, 0.2) is 34.9 Å². The zero-order valence-corrected chi connectivity index (χ0v) is 22.2. The number of allylic oxidation sites excluding steroid dienone is 4. The summed E-state index contributed by atoms with van der Waals surface area (Å²) in [6.45, 7) is 12.8. The van der Waals surface area contributed by atoms with Crippen molar-refractivity contribution < 1.29 is 24.9 Å². The Kier molecular flexibility index (Phi) is 5.13. The highest BCUT2D eigenvalue weighted by molar-refractivity contribution is 5.98. The molecule has 0 aromatic carbocycles. The largest absolute Gasteiger partial charge is 0.481 e. The number of rotatable bonds is 2. The van der Waals surface area contributed by atoms with E-state index in [1.165, 1.54) is 5.57 Å². The van der Waals surface area contributed by atoms with Crippen LogP contribution < -0.4 is 0 Å². The van der Waals surface area contributed by atoms with Gasteiger partial charge in [-0.3, -0.25) is 9.59 Å². The lowest BCUT2D eigenvalue weighted by Gasteiger charge is -2.70. The summed E-state index contributed by atoms with van der Waals surface area (Å²) in [7, 11) is 0. The van der Waals surface area contributed by atoms with Gasteiger partial charge in [0.15, 0.2) is 5.78 Å². The van der Waals surface area contributed by atoms with E-state index < -0.39 is 22.9 Å². The highest BCUT2D eigenvalue weighted by Crippen LogP contribution is 2.75. The molecular formula is C30H42O5. The van der Waals surface area contributed by atoms with Gasteiger partial charge in [0.25, 0.3) is 0 Å². The average Bonchev–Trinajstić information content (AvgIpc) is 2.81. The Hall–Kier alpha value is -1.72. The molecule has 8 atom stereocenters. The van der Waals surface area contributed by atoms with E-state index in [1.54, 1.807) is 13.0 Å². The standard InChI is InChI=1S/C30H42O5/c1-25-9-10-26(2,24(34)35)16-22(25)30(6)14-12-27(3)19-15-20(32)23(33)28(4,17-31)18(19)7-8-21(27)29(30,5)13-11-25/h7-8,15,22-23,31,33H,9-14,16-17H2,1-6H3,(H,34,35)/t22-,23+,25-,26-,27+,28+,29-,30+/m1/s1. The molecule has 0 bridgehead atoms. The molecule has 3 N–H and O–H groups in total. The molecular weight excluding hydrogens is 440 g/mol. The topological polar surface area (TPSA) is 94.8 Å². The number of aliphatic hydroxyl groups is 2. The van der Waals surface area contributed by atoms with Crippen LogP contribution in [0.2, 0.25) is 0 Å². The quantitative estimate of drug-likeness (QED) is 0.501. The summed E-state index contributed by atoms with van der Waals surface area (Å²) in [5.74, 6) is -0.686. The number of aliphatic hydroxyl groups excluding tert-OH is 2. The zero-order chi connectivity index (χ0) is 25.8. The summed E-state index contributed by atoms with van der Waals surface area (Å²) in [5.41, 5.74) is 1.10. The number of aliphatic carboxylic acids is 1. The molecule has 0 radical (unpaired) electrons. The average molecular weight is 483 g/mol. The minimum absolute atomic E-state index is 0.0488. The normalized spacial score (nSPS) is 51.1. The molecule has 0 heterocycles. The number of fused-ring (bicyclic) bond motifs is 7. The number of carboxylic acids is 1. The van der Waals surface area contributed by atoms with E-state index >= 15 is 0 Å². The first-order valence-electron chi connectivity index (χ1n) is 13.3. The van der Waals surface area contributed by atoms with Crippen molar-refractivity contribution in [2.45, 2.75) is 92.6 Å². The van der Waals surface area contributed by atoms with Gasteiger partial charge in [0.05, 0.1) is 12.0 Å². The van der Waals surface area contributed by atoms with E-state index in [-0.39, 0.29) is 34.1 Å². The van der Waals surface area contributed by atoms with Crippen LogP contribution in [0.3, 0.4) is 0 Å². The first-order valence-corrected chi connectivity index (χ1v) is 13.3. The van der Waals surface area contributed by atoms with Gasteiger partial charge in [0.1, 0.15) is 6.10 Å². The SMILES string of the molecule is C[C@@]1(C(=O)O)CC[C@]2(C)CC[C@]3(C)C4=CC=C5C(=CC(=O)[C@H](O)[C@@]5(C)CO)[C@]4(C)CC[C@@]3(C)[C@@H]2C1. The molecule has 5 heteroatoms. The fourth-order valence-corrected chi connectivity index (χ4v) is 9.16. The number of hydrogen-bond donors (Lipinski definition) is 3. The summed E-state index contributed by atoms with van der Waals surface area (Å²) in [6, 6.07) is 0. The van der Waals surface area contributed by atoms with Gasteiger partial charge in [0, 0.05) is 10.8 Å². The van der Waals surface area contributed by atoms with Crippen molar-refractivity contribution >= 4 is 11.8 Å². The summed E-state index contributed by atoms with van der Waals surface area (Å²) in [5, 5.41) is 31.0. The number of carbonyl (C=O) groups is 2. The highest BCUT2D eigenvalue weighted by atomic mass is 16.4. The fourth-order valence-electron chi connectivity index (χ4n) is 9.16. The van der Waals surface area contributed by atoms with Crippen molar-refractivity contribution in [2.24, 2.45) is 38.4 Å². The molecule has 5 nitrogen and oxygen atoms in total. The van der Waals surface area contributed by atoms with Gasteiger partial charge in [0.2, 0.25) is 0 Å². The lowest BCUT2D eigenvalue weighted by Crippen LogP contribution is -2.62. The second-order valence-electron chi connectivity index (χ2n) is 14.0. The van der Waals surface area contributed by atoms with Crippen LogP contribution in [-0.2, 0) is 9.59 Å². The summed E-state index contributed by atoms with van der Waals surface area (Å²) < 4.78 is 0. The van der Waals surface area contributed by atoms with Crippen molar-refractivity contribution in [3.05, 3.63) is 34.9 Å². The maximum absolute atomic E-state index is 12.9. The van der Waals surface area contributed by atoms with Crippen LogP contribution in [0.25, 0.3) is 0 Å². The van der Waals surface area contributed by atoms with Crippen LogP contribution in [-0.4, -0.2) is 39.8 Å². The van der Waals surface area contributed by atoms with Crippen LogP contribution >= 0.6 is 0 Å². The van der Waals surface area contributed by atoms with Crippen LogP contribution in [0.5, 0.6) is 0 Å². The van der Waals surface area contributed by atoms with Gasteiger partial charge in [-0.15, -0.1) is 0 Å². The summed E-state index contributed by atoms with van der Waals surface area (Å²) in [4.78, 5) is 25.2. The van der Waals surface area contributed by atoms with Gasteiger partial charge < -0.3 is 15.3 Å². The molecule has 0 aromatic heterocycles. The van der Waals surface area contributed by atoms with Crippen LogP contribution in [0.1, 0.15) is 86.5 Å². The van der Waals surface area contributed by atoms with Crippen molar-refractivity contribution in [3.8, 4) is 0 Å². The minimum atomic E-state index is -1.24. The van der Waals surface area contributed by atoms with Gasteiger partial charge in [-0.05, 0) is 91.3 Å². The predicted molar refractivity (Wildman–Crippen MR) is 134 cm³/mol. The third-order valence-corrected chi connectivity index (χ3v) is 12.2. The van der Waals surface area contributed by atoms with Crippen molar-refractivity contribution in [1.82, 2.24) is 0 Å². The molecule has 0 unspecified atom stereocenters. The molecule has 0 spiro atoms. The van der Waals surface area contributed by atoms with E-state index in [0.29, 0.717) is 12.3 Å². The molecule has 0 aliphatic heterocycles. The molecule has 5 aliphatic carbocycles. The van der Waals surface area contributed by atoms with Gasteiger partial charge >= 0.3 is 5.97 Å². The maximum Gasteiger partial charge on any atom is 0.309 e. The predicted octanol–water partition coefficient (Wildman–Crippen LogP) is 5.23.